The Labute approximate surface area is 178 Å². The summed E-state index contributed by atoms with van der Waals surface area (Å²) in [7, 11) is 0. The molecule has 162 valence electrons. The summed E-state index contributed by atoms with van der Waals surface area (Å²) in [5.41, 5.74) is 4.56. The highest BCUT2D eigenvalue weighted by Crippen LogP contribution is 2.63. The van der Waals surface area contributed by atoms with Crippen molar-refractivity contribution in [2.24, 2.45) is 5.41 Å². The lowest BCUT2D eigenvalue weighted by Gasteiger charge is -2.65. The van der Waals surface area contributed by atoms with Crippen LogP contribution in [0.4, 0.5) is 5.69 Å². The topological polar surface area (TPSA) is 35.5 Å². The van der Waals surface area contributed by atoms with E-state index in [0.29, 0.717) is 23.2 Å². The van der Waals surface area contributed by atoms with Gasteiger partial charge in [0.25, 0.3) is 0 Å². The number of fused-ring (bicyclic) bond motifs is 1. The molecule has 4 rings (SSSR count). The number of nitrogens with one attached hydrogen (secondary N) is 1. The number of hydrogen-bond acceptors (Lipinski definition) is 3. The van der Waals surface area contributed by atoms with Crippen LogP contribution in [0.25, 0.3) is 0 Å². The molecule has 0 amide bonds. The van der Waals surface area contributed by atoms with Crippen LogP contribution in [0.15, 0.2) is 12.1 Å². The maximum absolute atomic E-state index is 11.0. The van der Waals surface area contributed by atoms with E-state index in [1.807, 2.05) is 0 Å². The molecule has 2 bridgehead atoms. The third kappa shape index (κ3) is 3.28. The van der Waals surface area contributed by atoms with Gasteiger partial charge < -0.3 is 10.4 Å². The maximum Gasteiger partial charge on any atom is 0.138 e. The molecule has 2 fully saturated rings. The van der Waals surface area contributed by atoms with Crippen LogP contribution < -0.4 is 5.32 Å². The van der Waals surface area contributed by atoms with Crippen molar-refractivity contribution in [2.75, 3.05) is 18.4 Å². The van der Waals surface area contributed by atoms with Crippen molar-refractivity contribution in [3.05, 3.63) is 23.3 Å². The van der Waals surface area contributed by atoms with Gasteiger partial charge in [-0.25, -0.2) is 0 Å². The van der Waals surface area contributed by atoms with Gasteiger partial charge in [-0.05, 0) is 80.3 Å². The summed E-state index contributed by atoms with van der Waals surface area (Å²) in [5.74, 6) is 0.472. The van der Waals surface area contributed by atoms with Crippen LogP contribution in [0.3, 0.4) is 0 Å². The fourth-order valence-corrected chi connectivity index (χ4v) is 7.32. The first-order chi connectivity index (χ1) is 14.0. The van der Waals surface area contributed by atoms with E-state index < -0.39 is 0 Å². The van der Waals surface area contributed by atoms with Gasteiger partial charge in [0.2, 0.25) is 0 Å². The molecule has 2 N–H and O–H groups in total. The minimum Gasteiger partial charge on any atom is -0.506 e. The number of piperidine rings is 1. The lowest BCUT2D eigenvalue weighted by Crippen LogP contribution is -2.66. The zero-order valence-corrected chi connectivity index (χ0v) is 19.2. The van der Waals surface area contributed by atoms with E-state index in [-0.39, 0.29) is 5.41 Å². The summed E-state index contributed by atoms with van der Waals surface area (Å²) in [5, 5.41) is 14.8. The van der Waals surface area contributed by atoms with E-state index >= 15 is 0 Å². The van der Waals surface area contributed by atoms with E-state index in [1.165, 1.54) is 75.5 Å². The Kier molecular flexibility index (Phi) is 5.90. The molecule has 1 aliphatic heterocycles. The van der Waals surface area contributed by atoms with Gasteiger partial charge in [0.1, 0.15) is 5.75 Å². The fourth-order valence-electron chi connectivity index (χ4n) is 7.32. The monoisotopic (exact) mass is 398 g/mol. The second-order valence-electron chi connectivity index (χ2n) is 10.3. The number of rotatable bonds is 7. The first-order valence-corrected chi connectivity index (χ1v) is 12.4. The number of phenols is 1. The molecule has 3 atom stereocenters. The summed E-state index contributed by atoms with van der Waals surface area (Å²) < 4.78 is 0. The molecule has 1 aromatic carbocycles. The molecular formula is C26H42N2O. The largest absolute Gasteiger partial charge is 0.506 e. The average molecular weight is 399 g/mol. The van der Waals surface area contributed by atoms with E-state index in [1.54, 1.807) is 0 Å². The first kappa shape index (κ1) is 21.0. The normalized spacial score (nSPS) is 31.4. The molecular weight excluding hydrogens is 356 g/mol. The van der Waals surface area contributed by atoms with Crippen LogP contribution in [0.2, 0.25) is 0 Å². The second-order valence-corrected chi connectivity index (χ2v) is 10.3. The summed E-state index contributed by atoms with van der Waals surface area (Å²) in [4.78, 5) is 2.75. The highest BCUT2D eigenvalue weighted by Gasteiger charge is 2.60. The zero-order chi connectivity index (χ0) is 20.6. The summed E-state index contributed by atoms with van der Waals surface area (Å²) in [6, 6.07) is 5.61. The van der Waals surface area contributed by atoms with Gasteiger partial charge in [-0.1, -0.05) is 53.4 Å². The number of likely N-dealkylation sites (N-methyl/N-ethyl adjacent to an activating group) is 1. The van der Waals surface area contributed by atoms with Crippen LogP contribution in [0.1, 0.15) is 96.6 Å². The van der Waals surface area contributed by atoms with E-state index in [2.05, 4.69) is 50.0 Å². The number of nitrogens with zero attached hydrogens (tertiary/aromatic N) is 1. The Morgan fingerprint density at radius 2 is 1.83 bits per heavy atom. The van der Waals surface area contributed by atoms with Gasteiger partial charge in [0.15, 0.2) is 0 Å². The van der Waals surface area contributed by atoms with Crippen molar-refractivity contribution in [2.45, 2.75) is 109 Å². The minimum absolute atomic E-state index is 0.261. The van der Waals surface area contributed by atoms with Crippen molar-refractivity contribution in [3.8, 4) is 5.75 Å². The molecule has 3 aliphatic rings. The van der Waals surface area contributed by atoms with Gasteiger partial charge >= 0.3 is 0 Å². The molecule has 1 aromatic rings. The van der Waals surface area contributed by atoms with Gasteiger partial charge in [0, 0.05) is 17.5 Å². The summed E-state index contributed by atoms with van der Waals surface area (Å²) in [6.07, 6.45) is 12.4. The number of anilines is 1. The van der Waals surface area contributed by atoms with Crippen LogP contribution in [0.5, 0.6) is 5.75 Å². The highest BCUT2D eigenvalue weighted by atomic mass is 16.3. The number of hydrogen-bond donors (Lipinski definition) is 2. The molecule has 1 saturated heterocycles. The Balaban J connectivity index is 1.74. The molecule has 1 saturated carbocycles. The van der Waals surface area contributed by atoms with Crippen molar-refractivity contribution >= 4 is 5.69 Å². The molecule has 0 unspecified atom stereocenters. The quantitative estimate of drug-likeness (QED) is 0.534. The SMILES string of the molecule is CCCC(CCC)Nc1cc2c(cc1O)[C@]13CCCC[C@]1(C)[C@H](C2)N(CC)CC3. The third-order valence-electron chi connectivity index (χ3n) is 8.84. The van der Waals surface area contributed by atoms with Crippen molar-refractivity contribution in [1.82, 2.24) is 4.90 Å². The van der Waals surface area contributed by atoms with Gasteiger partial charge in [-0.15, -0.1) is 0 Å². The zero-order valence-electron chi connectivity index (χ0n) is 19.2. The standard InChI is InChI=1S/C26H42N2O/c1-5-10-20(11-6-2)27-22-16-19-17-24-25(4)12-8-9-13-26(25,14-15-28(24)7-3)21(19)18-23(22)29/h16,18,20,24,27,29H,5-15,17H2,1-4H3/t24-,25+,26+/m0/s1. The first-order valence-electron chi connectivity index (χ1n) is 12.4. The number of likely N-dealkylation sites (tertiary alicyclic amines) is 1. The van der Waals surface area contributed by atoms with Crippen molar-refractivity contribution < 1.29 is 5.11 Å². The van der Waals surface area contributed by atoms with Crippen LogP contribution >= 0.6 is 0 Å². The van der Waals surface area contributed by atoms with Crippen LogP contribution in [-0.4, -0.2) is 35.2 Å². The lowest BCUT2D eigenvalue weighted by atomic mass is 9.44. The fraction of sp³-hybridized carbons (Fsp3) is 0.769. The Bertz CT molecular complexity index is 726. The Morgan fingerprint density at radius 3 is 2.52 bits per heavy atom. The van der Waals surface area contributed by atoms with E-state index in [0.717, 1.165) is 18.7 Å². The van der Waals surface area contributed by atoms with Crippen molar-refractivity contribution in [1.29, 1.82) is 0 Å². The van der Waals surface area contributed by atoms with Gasteiger partial charge in [-0.3, -0.25) is 4.90 Å². The second kappa shape index (κ2) is 8.13. The minimum atomic E-state index is 0.261. The summed E-state index contributed by atoms with van der Waals surface area (Å²) in [6.45, 7) is 11.8. The van der Waals surface area contributed by atoms with E-state index in [9.17, 15) is 5.11 Å². The predicted octanol–water partition coefficient (Wildman–Crippen LogP) is 6.24. The summed E-state index contributed by atoms with van der Waals surface area (Å²) >= 11 is 0. The Morgan fingerprint density at radius 1 is 1.10 bits per heavy atom. The van der Waals surface area contributed by atoms with Crippen LogP contribution in [-0.2, 0) is 11.8 Å². The Hall–Kier alpha value is -1.22. The van der Waals surface area contributed by atoms with Crippen LogP contribution in [0, 0.1) is 5.41 Å². The predicted molar refractivity (Wildman–Crippen MR) is 123 cm³/mol. The lowest BCUT2D eigenvalue weighted by molar-refractivity contribution is -0.0815. The molecule has 2 aliphatic carbocycles. The highest BCUT2D eigenvalue weighted by molar-refractivity contribution is 5.63. The molecule has 0 spiro atoms. The molecule has 3 nitrogen and oxygen atoms in total. The van der Waals surface area contributed by atoms with Crippen molar-refractivity contribution in [3.63, 3.8) is 0 Å². The number of phenolic OH excluding ortho intramolecular Hbond substituents is 1. The molecule has 0 radical (unpaired) electrons. The maximum atomic E-state index is 11.0. The molecule has 0 aromatic heterocycles. The average Bonchev–Trinajstić information content (AvgIpc) is 2.70. The molecule has 3 heteroatoms. The van der Waals surface area contributed by atoms with E-state index in [4.69, 9.17) is 0 Å². The van der Waals surface area contributed by atoms with Gasteiger partial charge in [-0.2, -0.15) is 0 Å². The molecule has 1 heterocycles. The molecule has 29 heavy (non-hydrogen) atoms. The number of benzene rings is 1. The number of aromatic hydroxyl groups is 1. The third-order valence-corrected chi connectivity index (χ3v) is 8.84. The smallest absolute Gasteiger partial charge is 0.138 e. The van der Waals surface area contributed by atoms with Gasteiger partial charge in [0.05, 0.1) is 5.69 Å².